The molecule has 0 spiro atoms. The molecular weight excluding hydrogens is 316 g/mol. The maximum Gasteiger partial charge on any atom is 0.328 e. The topological polar surface area (TPSA) is 55.8 Å². The highest BCUT2D eigenvalue weighted by molar-refractivity contribution is 6.30. The van der Waals surface area contributed by atoms with Crippen molar-refractivity contribution in [3.8, 4) is 11.5 Å². The van der Waals surface area contributed by atoms with E-state index in [4.69, 9.17) is 26.2 Å². The van der Waals surface area contributed by atoms with Crippen LogP contribution in [0.4, 0.5) is 0 Å². The summed E-state index contributed by atoms with van der Waals surface area (Å²) in [5.74, 6) is 0.172. The van der Waals surface area contributed by atoms with Crippen LogP contribution in [0.5, 0.6) is 11.5 Å². The Hall–Kier alpha value is -2.46. The first-order valence-electron chi connectivity index (χ1n) is 7.13. The highest BCUT2D eigenvalue weighted by Gasteiger charge is 2.06. The second kappa shape index (κ2) is 8.25. The number of rotatable bonds is 7. The van der Waals surface area contributed by atoms with Gasteiger partial charge in [0.2, 0.25) is 0 Å². The van der Waals surface area contributed by atoms with Gasteiger partial charge >= 0.3 is 5.97 Å². The normalized spacial score (nSPS) is 10.7. The van der Waals surface area contributed by atoms with Gasteiger partial charge < -0.3 is 14.6 Å². The number of carboxylic acid groups (broad SMARTS) is 1. The molecule has 0 bridgehead atoms. The molecule has 0 saturated heterocycles. The maximum atomic E-state index is 10.6. The van der Waals surface area contributed by atoms with Crippen LogP contribution < -0.4 is 9.47 Å². The summed E-state index contributed by atoms with van der Waals surface area (Å²) in [6.45, 7) is 2.73. The molecule has 0 saturated carbocycles. The minimum Gasteiger partial charge on any atom is -0.490 e. The molecule has 0 aromatic heterocycles. The average Bonchev–Trinajstić information content (AvgIpc) is 2.52. The van der Waals surface area contributed by atoms with Crippen LogP contribution in [-0.4, -0.2) is 17.7 Å². The van der Waals surface area contributed by atoms with Crippen LogP contribution in [0.3, 0.4) is 0 Å². The summed E-state index contributed by atoms with van der Waals surface area (Å²) in [7, 11) is 0. The molecule has 0 radical (unpaired) electrons. The smallest absolute Gasteiger partial charge is 0.328 e. The summed E-state index contributed by atoms with van der Waals surface area (Å²) in [5.41, 5.74) is 1.68. The van der Waals surface area contributed by atoms with E-state index in [0.717, 1.165) is 17.2 Å². The lowest BCUT2D eigenvalue weighted by Gasteiger charge is -2.13. The Morgan fingerprint density at radius 3 is 2.70 bits per heavy atom. The molecule has 4 nitrogen and oxygen atoms in total. The number of carboxylic acids is 1. The lowest BCUT2D eigenvalue weighted by atomic mass is 10.2. The van der Waals surface area contributed by atoms with Gasteiger partial charge in [-0.25, -0.2) is 4.79 Å². The van der Waals surface area contributed by atoms with Gasteiger partial charge in [0, 0.05) is 11.1 Å². The molecule has 0 unspecified atom stereocenters. The molecule has 0 fully saturated rings. The fraction of sp³-hybridized carbons (Fsp3) is 0.167. The third-order valence-electron chi connectivity index (χ3n) is 2.97. The van der Waals surface area contributed by atoms with Crippen LogP contribution >= 0.6 is 11.6 Å². The van der Waals surface area contributed by atoms with E-state index in [-0.39, 0.29) is 0 Å². The Balaban J connectivity index is 2.15. The number of halogens is 1. The Morgan fingerprint density at radius 1 is 1.17 bits per heavy atom. The quantitative estimate of drug-likeness (QED) is 0.763. The first kappa shape index (κ1) is 16.9. The summed E-state index contributed by atoms with van der Waals surface area (Å²) in [6, 6.07) is 12.7. The first-order valence-corrected chi connectivity index (χ1v) is 7.51. The van der Waals surface area contributed by atoms with Crippen molar-refractivity contribution in [2.45, 2.75) is 13.5 Å². The van der Waals surface area contributed by atoms with Gasteiger partial charge in [0.1, 0.15) is 6.61 Å². The van der Waals surface area contributed by atoms with E-state index in [2.05, 4.69) is 0 Å². The van der Waals surface area contributed by atoms with Gasteiger partial charge in [0.15, 0.2) is 11.5 Å². The molecule has 120 valence electrons. The molecule has 5 heteroatoms. The number of hydrogen-bond donors (Lipinski definition) is 1. The third-order valence-corrected chi connectivity index (χ3v) is 3.20. The van der Waals surface area contributed by atoms with E-state index in [0.29, 0.717) is 29.7 Å². The zero-order chi connectivity index (χ0) is 16.7. The van der Waals surface area contributed by atoms with Gasteiger partial charge in [-0.05, 0) is 48.4 Å². The van der Waals surface area contributed by atoms with Crippen molar-refractivity contribution < 1.29 is 19.4 Å². The standard InChI is InChI=1S/C18H17ClO4/c1-2-22-17-11-13(7-9-18(20)21)6-8-16(17)23-12-14-4-3-5-15(19)10-14/h3-11H,2,12H2,1H3,(H,20,21). The molecule has 1 N–H and O–H groups in total. The van der Waals surface area contributed by atoms with E-state index >= 15 is 0 Å². The fourth-order valence-corrected chi connectivity index (χ4v) is 2.18. The van der Waals surface area contributed by atoms with Crippen LogP contribution in [0.1, 0.15) is 18.1 Å². The van der Waals surface area contributed by atoms with E-state index in [1.807, 2.05) is 25.1 Å². The Kier molecular flexibility index (Phi) is 6.06. The number of ether oxygens (including phenoxy) is 2. The molecular formula is C18H17ClO4. The second-order valence-corrected chi connectivity index (χ2v) is 5.17. The van der Waals surface area contributed by atoms with Crippen molar-refractivity contribution in [3.05, 3.63) is 64.7 Å². The Morgan fingerprint density at radius 2 is 2.00 bits per heavy atom. The molecule has 2 rings (SSSR count). The summed E-state index contributed by atoms with van der Waals surface area (Å²) in [6.07, 6.45) is 2.59. The summed E-state index contributed by atoms with van der Waals surface area (Å²) in [4.78, 5) is 10.6. The van der Waals surface area contributed by atoms with Crippen LogP contribution in [0.15, 0.2) is 48.5 Å². The van der Waals surface area contributed by atoms with E-state index in [9.17, 15) is 4.79 Å². The van der Waals surface area contributed by atoms with Crippen molar-refractivity contribution in [2.24, 2.45) is 0 Å². The van der Waals surface area contributed by atoms with Gasteiger partial charge in [-0.1, -0.05) is 29.8 Å². The summed E-state index contributed by atoms with van der Waals surface area (Å²) < 4.78 is 11.4. The van der Waals surface area contributed by atoms with Crippen molar-refractivity contribution in [1.29, 1.82) is 0 Å². The molecule has 2 aromatic carbocycles. The molecule has 0 heterocycles. The largest absolute Gasteiger partial charge is 0.490 e. The zero-order valence-corrected chi connectivity index (χ0v) is 13.4. The summed E-state index contributed by atoms with van der Waals surface area (Å²) >= 11 is 5.95. The van der Waals surface area contributed by atoms with Crippen LogP contribution in [0.2, 0.25) is 5.02 Å². The maximum absolute atomic E-state index is 10.6. The molecule has 0 aliphatic heterocycles. The van der Waals surface area contributed by atoms with Crippen molar-refractivity contribution in [1.82, 2.24) is 0 Å². The molecule has 23 heavy (non-hydrogen) atoms. The van der Waals surface area contributed by atoms with Gasteiger partial charge in [0.25, 0.3) is 0 Å². The lowest BCUT2D eigenvalue weighted by Crippen LogP contribution is -2.00. The lowest BCUT2D eigenvalue weighted by molar-refractivity contribution is -0.131. The minimum absolute atomic E-state index is 0.366. The monoisotopic (exact) mass is 332 g/mol. The molecule has 0 aliphatic carbocycles. The fourth-order valence-electron chi connectivity index (χ4n) is 1.97. The average molecular weight is 333 g/mol. The molecule has 0 aliphatic rings. The molecule has 0 amide bonds. The number of carbonyl (C=O) groups is 1. The number of aliphatic carboxylic acids is 1. The van der Waals surface area contributed by atoms with Crippen molar-refractivity contribution in [2.75, 3.05) is 6.61 Å². The van der Waals surface area contributed by atoms with Crippen LogP contribution in [-0.2, 0) is 11.4 Å². The second-order valence-electron chi connectivity index (χ2n) is 4.73. The van der Waals surface area contributed by atoms with Gasteiger partial charge in [0.05, 0.1) is 6.61 Å². The highest BCUT2D eigenvalue weighted by Crippen LogP contribution is 2.30. The highest BCUT2D eigenvalue weighted by atomic mass is 35.5. The SMILES string of the molecule is CCOc1cc(C=CC(=O)O)ccc1OCc1cccc(Cl)c1. The summed E-state index contributed by atoms with van der Waals surface area (Å²) in [5, 5.41) is 9.34. The predicted octanol–water partition coefficient (Wildman–Crippen LogP) is 4.42. The Labute approximate surface area is 139 Å². The predicted molar refractivity (Wildman–Crippen MR) is 90.1 cm³/mol. The van der Waals surface area contributed by atoms with E-state index < -0.39 is 5.97 Å². The molecule has 0 atom stereocenters. The minimum atomic E-state index is -0.996. The van der Waals surface area contributed by atoms with Crippen molar-refractivity contribution >= 4 is 23.6 Å². The zero-order valence-electron chi connectivity index (χ0n) is 12.7. The number of benzene rings is 2. The third kappa shape index (κ3) is 5.34. The first-order chi connectivity index (χ1) is 11.1. The van der Waals surface area contributed by atoms with Gasteiger partial charge in [-0.15, -0.1) is 0 Å². The van der Waals surface area contributed by atoms with Gasteiger partial charge in [-0.3, -0.25) is 0 Å². The van der Waals surface area contributed by atoms with Crippen molar-refractivity contribution in [3.63, 3.8) is 0 Å². The van der Waals surface area contributed by atoms with Crippen LogP contribution in [0.25, 0.3) is 6.08 Å². The van der Waals surface area contributed by atoms with E-state index in [1.165, 1.54) is 6.08 Å². The molecule has 2 aromatic rings. The van der Waals surface area contributed by atoms with Crippen LogP contribution in [0, 0.1) is 0 Å². The number of hydrogen-bond acceptors (Lipinski definition) is 3. The Bertz CT molecular complexity index is 710. The van der Waals surface area contributed by atoms with E-state index in [1.54, 1.807) is 24.3 Å². The van der Waals surface area contributed by atoms with Gasteiger partial charge in [-0.2, -0.15) is 0 Å².